The molecule has 0 aliphatic heterocycles. The van der Waals surface area contributed by atoms with Gasteiger partial charge in [-0.25, -0.2) is 0 Å². The Bertz CT molecular complexity index is 524. The molecular formula is C48H115K2O13Y4-5. The van der Waals surface area contributed by atoms with Crippen LogP contribution in [-0.4, -0.2) is 103 Å². The van der Waals surface area contributed by atoms with Crippen LogP contribution in [0.15, 0.2) is 0 Å². The summed E-state index contributed by atoms with van der Waals surface area (Å²) in [7, 11) is 0. The maximum atomic E-state index is 10.1. The van der Waals surface area contributed by atoms with Gasteiger partial charge in [-0.2, -0.15) is 0 Å². The van der Waals surface area contributed by atoms with Crippen LogP contribution in [0.4, 0.5) is 0 Å². The van der Waals surface area contributed by atoms with Crippen LogP contribution in [0.1, 0.15) is 249 Å². The molecule has 13 nitrogen and oxygen atoms in total. The molecule has 0 bridgehead atoms. The van der Waals surface area contributed by atoms with Crippen molar-refractivity contribution >= 4 is 0 Å². The van der Waals surface area contributed by atoms with Gasteiger partial charge in [0.2, 0.25) is 0 Å². The van der Waals surface area contributed by atoms with Crippen LogP contribution in [0.5, 0.6) is 0 Å². The number of hydrogen-bond donors (Lipinski definition) is 6. The molecule has 0 amide bonds. The van der Waals surface area contributed by atoms with Crippen molar-refractivity contribution in [3.05, 3.63) is 0 Å². The van der Waals surface area contributed by atoms with Crippen LogP contribution >= 0.6 is 0 Å². The van der Waals surface area contributed by atoms with Crippen molar-refractivity contribution in [2.75, 3.05) is 0 Å². The Kier molecular flexibility index (Phi) is 118. The fourth-order valence-electron chi connectivity index (χ4n) is 0. The summed E-state index contributed by atoms with van der Waals surface area (Å²) in [6.07, 6.45) is 0. The second-order valence-corrected chi connectivity index (χ2v) is 25.7. The molecule has 7 N–H and O–H groups in total. The maximum absolute atomic E-state index is 10.1. The molecule has 404 valence electrons. The van der Waals surface area contributed by atoms with Crippen LogP contribution in [0, 0.1) is 0 Å². The van der Waals surface area contributed by atoms with Gasteiger partial charge >= 0.3 is 103 Å². The molecule has 0 atom stereocenters. The van der Waals surface area contributed by atoms with E-state index in [-0.39, 0.29) is 239 Å². The van der Waals surface area contributed by atoms with Crippen molar-refractivity contribution in [1.82, 2.24) is 0 Å². The van der Waals surface area contributed by atoms with E-state index in [1.54, 1.807) is 249 Å². The van der Waals surface area contributed by atoms with E-state index in [4.69, 9.17) is 30.6 Å². The Morgan fingerprint density at radius 3 is 0.179 bits per heavy atom. The molecule has 0 aromatic carbocycles. The van der Waals surface area contributed by atoms with Gasteiger partial charge in [0.25, 0.3) is 0 Å². The summed E-state index contributed by atoms with van der Waals surface area (Å²) in [5, 5.41) is 112. The smallest absolute Gasteiger partial charge is 0.870 e. The second-order valence-electron chi connectivity index (χ2n) is 25.7. The van der Waals surface area contributed by atoms with E-state index in [0.29, 0.717) is 0 Å². The normalized spacial score (nSPS) is 10.7. The van der Waals surface area contributed by atoms with Crippen LogP contribution < -0.4 is 133 Å². The topological polar surface area (TPSA) is 290 Å². The molecule has 0 aliphatic carbocycles. The molecule has 0 fully saturated rings. The van der Waals surface area contributed by atoms with E-state index in [9.17, 15) is 30.6 Å². The standard InChI is InChI=1S/6C4H10O.6C4H9O.2K.H2O.4Y/c12*1-4(2,3)5;;;;;;;/h6*5H,1-3H3;6*1-3H3;;;1H2;;;;/q;;;;;;6*-1;2*+1;;;;;/p-1. The molecule has 0 heterocycles. The molecule has 19 heteroatoms. The van der Waals surface area contributed by atoms with Gasteiger partial charge in [-0.3, -0.25) is 0 Å². The molecule has 0 saturated carbocycles. The zero-order valence-corrected chi connectivity index (χ0v) is 69.5. The summed E-state index contributed by atoms with van der Waals surface area (Å²) in [6.45, 7) is 60.7. The van der Waals surface area contributed by atoms with Crippen molar-refractivity contribution in [3.63, 3.8) is 0 Å². The first-order valence-corrected chi connectivity index (χ1v) is 20.6. The third-order valence-corrected chi connectivity index (χ3v) is 0. The number of rotatable bonds is 0. The first-order chi connectivity index (χ1) is 24.0. The van der Waals surface area contributed by atoms with Crippen molar-refractivity contribution in [2.24, 2.45) is 0 Å². The summed E-state index contributed by atoms with van der Waals surface area (Å²) >= 11 is 0. The first kappa shape index (κ1) is 130. The fourth-order valence-corrected chi connectivity index (χ4v) is 0. The molecule has 4 radical (unpaired) electrons. The Labute approximate surface area is 605 Å². The fraction of sp³-hybridized carbons (Fsp3) is 1.00. The molecule has 0 spiro atoms. The molecule has 0 aromatic rings. The van der Waals surface area contributed by atoms with Crippen molar-refractivity contribution in [2.45, 2.75) is 316 Å². The zero-order valence-electron chi connectivity index (χ0n) is 51.9. The van der Waals surface area contributed by atoms with E-state index in [1.807, 2.05) is 0 Å². The van der Waals surface area contributed by atoms with Crippen LogP contribution in [0.2, 0.25) is 0 Å². The molecule has 0 rings (SSSR count). The van der Waals surface area contributed by atoms with Gasteiger partial charge in [-0.1, -0.05) is 125 Å². The van der Waals surface area contributed by atoms with E-state index in [1.165, 1.54) is 0 Å². The van der Waals surface area contributed by atoms with Gasteiger partial charge in [-0.15, -0.1) is 33.6 Å². The minimum Gasteiger partial charge on any atom is -0.870 e. The third-order valence-electron chi connectivity index (χ3n) is 0. The quantitative estimate of drug-likeness (QED) is 0.165. The van der Waals surface area contributed by atoms with Gasteiger partial charge < -0.3 is 66.8 Å². The van der Waals surface area contributed by atoms with Gasteiger partial charge in [0, 0.05) is 131 Å². The van der Waals surface area contributed by atoms with Crippen LogP contribution in [0.25, 0.3) is 0 Å². The number of hydrogen-bond acceptors (Lipinski definition) is 13. The monoisotopic (exact) mass is 1330 g/mol. The minimum atomic E-state index is -0.750. The average molecular weight is 1330 g/mol. The van der Waals surface area contributed by atoms with Crippen molar-refractivity contribution < 1.29 is 300 Å². The predicted molar refractivity (Wildman–Crippen MR) is 252 cm³/mol. The Hall–Kier alpha value is 7.17. The van der Waals surface area contributed by atoms with Gasteiger partial charge in [-0.05, 0) is 125 Å². The van der Waals surface area contributed by atoms with Crippen molar-refractivity contribution in [1.29, 1.82) is 0 Å². The Morgan fingerprint density at radius 2 is 0.179 bits per heavy atom. The van der Waals surface area contributed by atoms with Crippen LogP contribution in [-0.2, 0) is 131 Å². The summed E-state index contributed by atoms with van der Waals surface area (Å²) in [6, 6.07) is 0. The van der Waals surface area contributed by atoms with E-state index >= 15 is 0 Å². The first-order valence-electron chi connectivity index (χ1n) is 20.6. The summed E-state index contributed by atoms with van der Waals surface area (Å²) < 4.78 is 0. The van der Waals surface area contributed by atoms with E-state index < -0.39 is 67.2 Å². The predicted octanol–water partition coefficient (Wildman–Crippen LogP) is -0.644. The molecule has 0 saturated heterocycles. The molecule has 0 unspecified atom stereocenters. The summed E-state index contributed by atoms with van der Waals surface area (Å²) in [4.78, 5) is 0. The molecule has 0 aliphatic rings. The Balaban J connectivity index is -0.0000000219. The Morgan fingerprint density at radius 1 is 0.179 bits per heavy atom. The molecular weight excluding hydrogens is 1220 g/mol. The molecule has 67 heavy (non-hydrogen) atoms. The SMILES string of the molecule is CC(C)(C)O.CC(C)(C)O.CC(C)(C)O.CC(C)(C)O.CC(C)(C)O.CC(C)(C)O.CC(C)(C)[O-].CC(C)(C)[O-].CC(C)(C)[O-].CC(C)(C)[O-].CC(C)(C)[O-].CC(C)(C)[O-].[K+].[K+].[OH-].[Y].[Y].[Y].[Y]. The maximum Gasteiger partial charge on any atom is 1.00 e. The summed E-state index contributed by atoms with van der Waals surface area (Å²) in [5.41, 5.74) is -7.50. The van der Waals surface area contributed by atoms with Crippen molar-refractivity contribution in [3.8, 4) is 0 Å². The zero-order chi connectivity index (χ0) is 54.0. The van der Waals surface area contributed by atoms with Gasteiger partial charge in [0.15, 0.2) is 0 Å². The average Bonchev–Trinajstić information content (AvgIpc) is 2.48. The largest absolute Gasteiger partial charge is 1.00 e. The second kappa shape index (κ2) is 60.8. The molecule has 0 aromatic heterocycles. The van der Waals surface area contributed by atoms with Gasteiger partial charge in [0.05, 0.1) is 33.6 Å². The van der Waals surface area contributed by atoms with E-state index in [2.05, 4.69) is 0 Å². The number of aliphatic hydroxyl groups is 6. The van der Waals surface area contributed by atoms with Gasteiger partial charge in [0.1, 0.15) is 0 Å². The summed E-state index contributed by atoms with van der Waals surface area (Å²) in [5.74, 6) is 0. The third kappa shape index (κ3) is 7210. The minimum absolute atomic E-state index is 0. The van der Waals surface area contributed by atoms with E-state index in [0.717, 1.165) is 0 Å². The van der Waals surface area contributed by atoms with Crippen LogP contribution in [0.3, 0.4) is 0 Å².